The first-order valence-electron chi connectivity index (χ1n) is 33.8. The Balaban J connectivity index is 4.00. The molecule has 0 spiro atoms. The van der Waals surface area contributed by atoms with E-state index < -0.39 is 6.10 Å². The molecule has 0 amide bonds. The fourth-order valence-electron chi connectivity index (χ4n) is 10.0. The standard InChI is InChI=1S/C71H128O6/c1-4-7-10-13-16-18-20-22-24-26-28-30-32-33-34-35-36-37-38-39-40-42-43-45-47-49-51-53-55-58-61-64-70(73)76-67-68(66-75-69(72)63-60-57-15-12-9-6-3)77-71(74)65-62-59-56-54-52-50-48-46-44-41-31-29-27-25-23-21-19-17-14-11-8-5-2/h7,10,16,18,22,24,28,30,33-34,68H,4-6,8-9,11-15,17,19-21,23,25-27,29,31-32,35-67H2,1-3H3/b10-7-,18-16-,24-22-,30-28-,34-33-. The van der Waals surface area contributed by atoms with Crippen molar-refractivity contribution < 1.29 is 28.6 Å². The van der Waals surface area contributed by atoms with Crippen molar-refractivity contribution in [2.75, 3.05) is 13.2 Å². The smallest absolute Gasteiger partial charge is 0.306 e. The molecule has 0 saturated heterocycles. The van der Waals surface area contributed by atoms with E-state index in [4.69, 9.17) is 14.2 Å². The van der Waals surface area contributed by atoms with Crippen molar-refractivity contribution in [3.8, 4) is 0 Å². The highest BCUT2D eigenvalue weighted by Gasteiger charge is 2.19. The molecule has 0 radical (unpaired) electrons. The van der Waals surface area contributed by atoms with Crippen LogP contribution in [0.5, 0.6) is 0 Å². The third-order valence-electron chi connectivity index (χ3n) is 15.0. The molecule has 6 heteroatoms. The van der Waals surface area contributed by atoms with Crippen LogP contribution in [0.25, 0.3) is 0 Å². The Morgan fingerprint density at radius 2 is 0.506 bits per heavy atom. The monoisotopic (exact) mass is 1080 g/mol. The highest BCUT2D eigenvalue weighted by Crippen LogP contribution is 2.18. The van der Waals surface area contributed by atoms with Crippen LogP contribution in [0.3, 0.4) is 0 Å². The van der Waals surface area contributed by atoms with Crippen LogP contribution in [-0.4, -0.2) is 37.2 Å². The van der Waals surface area contributed by atoms with Crippen molar-refractivity contribution in [3.05, 3.63) is 60.8 Å². The summed E-state index contributed by atoms with van der Waals surface area (Å²) in [5.41, 5.74) is 0. The molecular formula is C71H128O6. The number of carbonyl (C=O) groups is 3. The van der Waals surface area contributed by atoms with E-state index in [9.17, 15) is 14.4 Å². The number of allylic oxidation sites excluding steroid dienone is 10. The van der Waals surface area contributed by atoms with Crippen molar-refractivity contribution in [1.82, 2.24) is 0 Å². The van der Waals surface area contributed by atoms with Crippen LogP contribution in [0, 0.1) is 0 Å². The van der Waals surface area contributed by atoms with Crippen molar-refractivity contribution in [3.63, 3.8) is 0 Å². The molecular weight excluding hydrogens is 949 g/mol. The molecule has 6 nitrogen and oxygen atoms in total. The SMILES string of the molecule is CC/C=C\C/C=C\C/C=C\C/C=C\C/C=C\CCCCCCCCCCCCCCCCCC(=O)OCC(COC(=O)CCCCCCCC)OC(=O)CCCCCCCCCCCCCCCCCCCCCCCC. The minimum atomic E-state index is -0.768. The second kappa shape index (κ2) is 65.6. The lowest BCUT2D eigenvalue weighted by atomic mass is 10.0. The molecule has 1 unspecified atom stereocenters. The number of unbranched alkanes of at least 4 members (excludes halogenated alkanes) is 41. The Morgan fingerprint density at radius 1 is 0.273 bits per heavy atom. The zero-order valence-electron chi connectivity index (χ0n) is 51.5. The average Bonchev–Trinajstić information content (AvgIpc) is 3.43. The quantitative estimate of drug-likeness (QED) is 0.0261. The summed E-state index contributed by atoms with van der Waals surface area (Å²) in [6.07, 6.45) is 84.3. The van der Waals surface area contributed by atoms with Gasteiger partial charge in [0.15, 0.2) is 6.10 Å². The van der Waals surface area contributed by atoms with Crippen LogP contribution in [0.4, 0.5) is 0 Å². The molecule has 0 aromatic heterocycles. The summed E-state index contributed by atoms with van der Waals surface area (Å²) in [6.45, 7) is 6.52. The summed E-state index contributed by atoms with van der Waals surface area (Å²) in [4.78, 5) is 38.1. The Kier molecular flexibility index (Phi) is 63.2. The second-order valence-electron chi connectivity index (χ2n) is 22.7. The summed E-state index contributed by atoms with van der Waals surface area (Å²) in [5, 5.41) is 0. The highest BCUT2D eigenvalue weighted by atomic mass is 16.6. The molecule has 0 bridgehead atoms. The van der Waals surface area contributed by atoms with E-state index in [0.717, 1.165) is 89.9 Å². The Hall–Kier alpha value is -2.89. The maximum Gasteiger partial charge on any atom is 0.306 e. The van der Waals surface area contributed by atoms with Crippen LogP contribution in [0.15, 0.2) is 60.8 Å². The van der Waals surface area contributed by atoms with Gasteiger partial charge in [0.05, 0.1) is 0 Å². The number of carbonyl (C=O) groups excluding carboxylic acids is 3. The van der Waals surface area contributed by atoms with Crippen molar-refractivity contribution in [2.24, 2.45) is 0 Å². The van der Waals surface area contributed by atoms with Gasteiger partial charge < -0.3 is 14.2 Å². The van der Waals surface area contributed by atoms with Crippen LogP contribution in [0.2, 0.25) is 0 Å². The second-order valence-corrected chi connectivity index (χ2v) is 22.7. The van der Waals surface area contributed by atoms with Crippen LogP contribution in [0.1, 0.15) is 355 Å². The van der Waals surface area contributed by atoms with Gasteiger partial charge in [-0.25, -0.2) is 0 Å². The Bertz CT molecular complexity index is 1380. The number of hydrogen-bond acceptors (Lipinski definition) is 6. The minimum absolute atomic E-state index is 0.0688. The minimum Gasteiger partial charge on any atom is -0.462 e. The van der Waals surface area contributed by atoms with Gasteiger partial charge in [0.1, 0.15) is 13.2 Å². The van der Waals surface area contributed by atoms with E-state index in [2.05, 4.69) is 81.5 Å². The summed E-state index contributed by atoms with van der Waals surface area (Å²) in [6, 6.07) is 0. The van der Waals surface area contributed by atoms with Gasteiger partial charge in [-0.05, 0) is 64.2 Å². The molecule has 0 aromatic carbocycles. The molecule has 0 N–H and O–H groups in total. The summed E-state index contributed by atoms with van der Waals surface area (Å²) >= 11 is 0. The van der Waals surface area contributed by atoms with Gasteiger partial charge in [-0.15, -0.1) is 0 Å². The first-order valence-corrected chi connectivity index (χ1v) is 33.8. The van der Waals surface area contributed by atoms with E-state index in [1.807, 2.05) is 0 Å². The first-order chi connectivity index (χ1) is 38.0. The third-order valence-corrected chi connectivity index (χ3v) is 15.0. The van der Waals surface area contributed by atoms with Gasteiger partial charge in [0.25, 0.3) is 0 Å². The van der Waals surface area contributed by atoms with E-state index in [1.165, 1.54) is 225 Å². The molecule has 0 fully saturated rings. The normalized spacial score (nSPS) is 12.4. The molecule has 1 atom stereocenters. The predicted molar refractivity (Wildman–Crippen MR) is 335 cm³/mol. The molecule has 77 heavy (non-hydrogen) atoms. The Labute approximate surface area is 479 Å². The van der Waals surface area contributed by atoms with Crippen LogP contribution in [-0.2, 0) is 28.6 Å². The molecule has 0 aliphatic heterocycles. The fourth-order valence-corrected chi connectivity index (χ4v) is 10.0. The maximum atomic E-state index is 12.9. The third kappa shape index (κ3) is 63.8. The summed E-state index contributed by atoms with van der Waals surface area (Å²) in [5.74, 6) is -0.857. The average molecular weight is 1080 g/mol. The predicted octanol–water partition coefficient (Wildman–Crippen LogP) is 23.1. The molecule has 0 aliphatic rings. The largest absolute Gasteiger partial charge is 0.462 e. The molecule has 0 rings (SSSR count). The molecule has 0 aliphatic carbocycles. The zero-order chi connectivity index (χ0) is 55.7. The maximum absolute atomic E-state index is 12.9. The summed E-state index contributed by atoms with van der Waals surface area (Å²) < 4.78 is 16.8. The molecule has 0 aromatic rings. The van der Waals surface area contributed by atoms with Crippen LogP contribution >= 0.6 is 0 Å². The lowest BCUT2D eigenvalue weighted by Gasteiger charge is -2.18. The number of esters is 3. The fraction of sp³-hybridized carbons (Fsp3) is 0.817. The van der Waals surface area contributed by atoms with E-state index in [-0.39, 0.29) is 31.1 Å². The molecule has 448 valence electrons. The number of rotatable bonds is 62. The van der Waals surface area contributed by atoms with E-state index in [0.29, 0.717) is 19.3 Å². The zero-order valence-corrected chi connectivity index (χ0v) is 51.5. The summed E-state index contributed by atoms with van der Waals surface area (Å²) in [7, 11) is 0. The van der Waals surface area contributed by atoms with Crippen LogP contribution < -0.4 is 0 Å². The first kappa shape index (κ1) is 74.1. The number of hydrogen-bond donors (Lipinski definition) is 0. The van der Waals surface area contributed by atoms with Gasteiger partial charge >= 0.3 is 17.9 Å². The van der Waals surface area contributed by atoms with E-state index >= 15 is 0 Å². The van der Waals surface area contributed by atoms with E-state index in [1.54, 1.807) is 0 Å². The topological polar surface area (TPSA) is 78.9 Å². The highest BCUT2D eigenvalue weighted by molar-refractivity contribution is 5.71. The number of ether oxygens (including phenoxy) is 3. The van der Waals surface area contributed by atoms with Gasteiger partial charge in [-0.2, -0.15) is 0 Å². The van der Waals surface area contributed by atoms with Crippen molar-refractivity contribution >= 4 is 17.9 Å². The lowest BCUT2D eigenvalue weighted by Crippen LogP contribution is -2.30. The van der Waals surface area contributed by atoms with Gasteiger partial charge in [-0.3, -0.25) is 14.4 Å². The molecule has 0 heterocycles. The van der Waals surface area contributed by atoms with Crippen molar-refractivity contribution in [2.45, 2.75) is 361 Å². The van der Waals surface area contributed by atoms with Crippen molar-refractivity contribution in [1.29, 1.82) is 0 Å². The van der Waals surface area contributed by atoms with Gasteiger partial charge in [0.2, 0.25) is 0 Å². The molecule has 0 saturated carbocycles. The van der Waals surface area contributed by atoms with Gasteiger partial charge in [-0.1, -0.05) is 332 Å². The lowest BCUT2D eigenvalue weighted by molar-refractivity contribution is -0.167. The van der Waals surface area contributed by atoms with Gasteiger partial charge in [0, 0.05) is 19.3 Å². The Morgan fingerprint density at radius 3 is 0.792 bits per heavy atom.